The first-order valence-electron chi connectivity index (χ1n) is 6.43. The lowest BCUT2D eigenvalue weighted by atomic mass is 10.1. The average molecular weight is 247 g/mol. The summed E-state index contributed by atoms with van der Waals surface area (Å²) in [6.45, 7) is 1.45. The molecule has 96 valence electrons. The van der Waals surface area contributed by atoms with Crippen molar-refractivity contribution in [2.45, 2.75) is 31.3 Å². The van der Waals surface area contributed by atoms with E-state index in [-0.39, 0.29) is 17.4 Å². The van der Waals surface area contributed by atoms with E-state index >= 15 is 0 Å². The molecule has 0 saturated carbocycles. The first kappa shape index (κ1) is 11.5. The lowest BCUT2D eigenvalue weighted by Crippen LogP contribution is -2.39. The van der Waals surface area contributed by atoms with Crippen LogP contribution in [-0.2, 0) is 0 Å². The number of nitrogens with zero attached hydrogens (tertiary/aromatic N) is 2. The van der Waals surface area contributed by atoms with E-state index < -0.39 is 0 Å². The van der Waals surface area contributed by atoms with Gasteiger partial charge in [-0.15, -0.1) is 0 Å². The number of carbonyl (C=O) groups is 1. The van der Waals surface area contributed by atoms with E-state index in [1.807, 2.05) is 0 Å². The molecule has 0 aromatic carbocycles. The normalized spacial score (nSPS) is 27.0. The number of hydrogen-bond acceptors (Lipinski definition) is 4. The Morgan fingerprint density at radius 2 is 2.22 bits per heavy atom. The summed E-state index contributed by atoms with van der Waals surface area (Å²) in [6, 6.07) is 4.07. The topological polar surface area (TPSA) is 65.5 Å². The van der Waals surface area contributed by atoms with Crippen molar-refractivity contribution in [3.8, 4) is 5.75 Å². The van der Waals surface area contributed by atoms with Gasteiger partial charge in [0.05, 0.1) is 0 Å². The van der Waals surface area contributed by atoms with Gasteiger partial charge in [0.2, 0.25) is 0 Å². The number of likely N-dealkylation sites (tertiary alicyclic amines) is 1. The maximum Gasteiger partial charge on any atom is 0.276 e. The smallest absolute Gasteiger partial charge is 0.276 e. The SMILES string of the molecule is O=C(c1ncccc1O)N1CCC2CCC(C1)N2. The Bertz CT molecular complexity index is 463. The van der Waals surface area contributed by atoms with Crippen LogP contribution in [0.3, 0.4) is 0 Å². The fourth-order valence-corrected chi connectivity index (χ4v) is 2.84. The second kappa shape index (κ2) is 4.57. The van der Waals surface area contributed by atoms with Crippen LogP contribution in [0.25, 0.3) is 0 Å². The standard InChI is InChI=1S/C13H17N3O2/c17-11-2-1-6-14-12(11)13(18)16-7-5-9-3-4-10(8-16)15-9/h1-2,6,9-10,15,17H,3-5,7-8H2. The average Bonchev–Trinajstić information content (AvgIpc) is 2.69. The van der Waals surface area contributed by atoms with Gasteiger partial charge in [-0.3, -0.25) is 4.79 Å². The van der Waals surface area contributed by atoms with Gasteiger partial charge in [-0.2, -0.15) is 0 Å². The third-order valence-electron chi connectivity index (χ3n) is 3.80. The van der Waals surface area contributed by atoms with Gasteiger partial charge in [0.1, 0.15) is 5.75 Å². The van der Waals surface area contributed by atoms with Crippen LogP contribution in [0.15, 0.2) is 18.3 Å². The van der Waals surface area contributed by atoms with Crippen LogP contribution in [-0.4, -0.2) is 46.1 Å². The highest BCUT2D eigenvalue weighted by Gasteiger charge is 2.32. The summed E-state index contributed by atoms with van der Waals surface area (Å²) in [7, 11) is 0. The van der Waals surface area contributed by atoms with E-state index in [1.165, 1.54) is 18.7 Å². The zero-order valence-electron chi connectivity index (χ0n) is 10.2. The minimum Gasteiger partial charge on any atom is -0.505 e. The molecule has 1 aromatic heterocycles. The number of aromatic hydroxyl groups is 1. The van der Waals surface area contributed by atoms with E-state index in [1.54, 1.807) is 11.0 Å². The highest BCUT2D eigenvalue weighted by Crippen LogP contribution is 2.23. The Hall–Kier alpha value is -1.62. The van der Waals surface area contributed by atoms with Crippen LogP contribution < -0.4 is 5.32 Å². The number of carbonyl (C=O) groups excluding carboxylic acids is 1. The second-order valence-corrected chi connectivity index (χ2v) is 5.05. The molecular formula is C13H17N3O2. The van der Waals surface area contributed by atoms with Crippen molar-refractivity contribution in [3.63, 3.8) is 0 Å². The summed E-state index contributed by atoms with van der Waals surface area (Å²) in [5, 5.41) is 13.2. The predicted octanol–water partition coefficient (Wildman–Crippen LogP) is 0.754. The Morgan fingerprint density at radius 1 is 1.39 bits per heavy atom. The highest BCUT2D eigenvalue weighted by molar-refractivity contribution is 5.94. The van der Waals surface area contributed by atoms with Crippen molar-refractivity contribution in [3.05, 3.63) is 24.0 Å². The summed E-state index contributed by atoms with van der Waals surface area (Å²) in [4.78, 5) is 18.1. The summed E-state index contributed by atoms with van der Waals surface area (Å²) >= 11 is 0. The fraction of sp³-hybridized carbons (Fsp3) is 0.538. The number of rotatable bonds is 1. The van der Waals surface area contributed by atoms with Crippen LogP contribution >= 0.6 is 0 Å². The van der Waals surface area contributed by atoms with Crippen molar-refractivity contribution < 1.29 is 9.90 Å². The number of pyridine rings is 1. The Balaban J connectivity index is 1.78. The lowest BCUT2D eigenvalue weighted by Gasteiger charge is -2.24. The van der Waals surface area contributed by atoms with Crippen LogP contribution in [0.1, 0.15) is 29.8 Å². The molecule has 2 aliphatic rings. The summed E-state index contributed by atoms with van der Waals surface area (Å²) in [6.07, 6.45) is 4.86. The molecule has 0 aliphatic carbocycles. The van der Waals surface area contributed by atoms with Gasteiger partial charge < -0.3 is 15.3 Å². The molecule has 5 heteroatoms. The Kier molecular flexibility index (Phi) is 2.91. The van der Waals surface area contributed by atoms with Crippen LogP contribution in [0.4, 0.5) is 0 Å². The summed E-state index contributed by atoms with van der Waals surface area (Å²) in [5.41, 5.74) is 0.162. The van der Waals surface area contributed by atoms with Gasteiger partial charge in [-0.1, -0.05) is 0 Å². The molecule has 5 nitrogen and oxygen atoms in total. The van der Waals surface area contributed by atoms with Crippen molar-refractivity contribution in [1.82, 2.24) is 15.2 Å². The van der Waals surface area contributed by atoms with Gasteiger partial charge >= 0.3 is 0 Å². The second-order valence-electron chi connectivity index (χ2n) is 5.05. The van der Waals surface area contributed by atoms with Crippen molar-refractivity contribution >= 4 is 5.91 Å². The molecule has 1 aromatic rings. The number of aromatic nitrogens is 1. The minimum atomic E-state index is -0.164. The molecule has 3 heterocycles. The molecule has 2 fully saturated rings. The molecule has 18 heavy (non-hydrogen) atoms. The first-order valence-corrected chi connectivity index (χ1v) is 6.43. The van der Waals surface area contributed by atoms with E-state index in [4.69, 9.17) is 0 Å². The zero-order chi connectivity index (χ0) is 12.5. The first-order chi connectivity index (χ1) is 8.74. The van der Waals surface area contributed by atoms with Gasteiger partial charge in [-0.25, -0.2) is 4.98 Å². The number of nitrogens with one attached hydrogen (secondary N) is 1. The fourth-order valence-electron chi connectivity index (χ4n) is 2.84. The minimum absolute atomic E-state index is 0.0372. The van der Waals surface area contributed by atoms with Gasteiger partial charge in [-0.05, 0) is 31.4 Å². The van der Waals surface area contributed by atoms with E-state index in [0.29, 0.717) is 18.6 Å². The maximum atomic E-state index is 12.3. The molecule has 2 unspecified atom stereocenters. The zero-order valence-corrected chi connectivity index (χ0v) is 10.2. The molecule has 3 rings (SSSR count). The summed E-state index contributed by atoms with van der Waals surface area (Å²) < 4.78 is 0. The van der Waals surface area contributed by atoms with Crippen molar-refractivity contribution in [2.24, 2.45) is 0 Å². The largest absolute Gasteiger partial charge is 0.505 e. The molecule has 2 saturated heterocycles. The van der Waals surface area contributed by atoms with Gasteiger partial charge in [0.15, 0.2) is 5.69 Å². The number of hydrogen-bond donors (Lipinski definition) is 2. The molecule has 1 amide bonds. The molecule has 0 spiro atoms. The number of amides is 1. The lowest BCUT2D eigenvalue weighted by molar-refractivity contribution is 0.0739. The molecular weight excluding hydrogens is 230 g/mol. The van der Waals surface area contributed by atoms with Crippen LogP contribution in [0, 0.1) is 0 Å². The molecule has 2 aliphatic heterocycles. The molecule has 2 atom stereocenters. The Labute approximate surface area is 106 Å². The molecule has 2 bridgehead atoms. The van der Waals surface area contributed by atoms with Crippen molar-refractivity contribution in [1.29, 1.82) is 0 Å². The Morgan fingerprint density at radius 3 is 3.06 bits per heavy atom. The van der Waals surface area contributed by atoms with Gasteiger partial charge in [0, 0.05) is 31.4 Å². The van der Waals surface area contributed by atoms with E-state index in [9.17, 15) is 9.90 Å². The molecule has 0 radical (unpaired) electrons. The third kappa shape index (κ3) is 2.06. The molecule has 2 N–H and O–H groups in total. The predicted molar refractivity (Wildman–Crippen MR) is 66.4 cm³/mol. The van der Waals surface area contributed by atoms with Crippen LogP contribution in [0.5, 0.6) is 5.75 Å². The highest BCUT2D eigenvalue weighted by atomic mass is 16.3. The van der Waals surface area contributed by atoms with Gasteiger partial charge in [0.25, 0.3) is 5.91 Å². The quantitative estimate of drug-likeness (QED) is 0.768. The van der Waals surface area contributed by atoms with E-state index in [0.717, 1.165) is 19.4 Å². The monoisotopic (exact) mass is 247 g/mol. The van der Waals surface area contributed by atoms with E-state index in [2.05, 4.69) is 10.3 Å². The maximum absolute atomic E-state index is 12.3. The van der Waals surface area contributed by atoms with Crippen LogP contribution in [0.2, 0.25) is 0 Å². The third-order valence-corrected chi connectivity index (χ3v) is 3.80. The van der Waals surface area contributed by atoms with Crippen molar-refractivity contribution in [2.75, 3.05) is 13.1 Å². The summed E-state index contributed by atoms with van der Waals surface area (Å²) in [5.74, 6) is -0.202. The number of fused-ring (bicyclic) bond motifs is 2.